The molecule has 1 aromatic carbocycles. The third-order valence-electron chi connectivity index (χ3n) is 1.86. The molecule has 0 spiro atoms. The van der Waals surface area contributed by atoms with Gasteiger partial charge in [0.1, 0.15) is 5.75 Å². The Morgan fingerprint density at radius 1 is 1.58 bits per heavy atom. The van der Waals surface area contributed by atoms with Gasteiger partial charge < -0.3 is 10.8 Å². The topological polar surface area (TPSA) is 46.2 Å². The van der Waals surface area contributed by atoms with Gasteiger partial charge in [0.25, 0.3) is 0 Å². The molecule has 0 aliphatic rings. The summed E-state index contributed by atoms with van der Waals surface area (Å²) in [6.07, 6.45) is 0.786. The number of hydrogen-bond donors (Lipinski definition) is 2. The maximum atomic E-state index is 9.49. The number of rotatable bonds is 2. The fourth-order valence-corrected chi connectivity index (χ4v) is 1.23. The number of benzene rings is 1. The van der Waals surface area contributed by atoms with E-state index in [2.05, 4.69) is 0 Å². The average Bonchev–Trinajstić information content (AvgIpc) is 2.08. The van der Waals surface area contributed by atoms with E-state index < -0.39 is 0 Å². The molecule has 1 aromatic rings. The van der Waals surface area contributed by atoms with Crippen LogP contribution in [0.1, 0.15) is 24.9 Å². The highest BCUT2D eigenvalue weighted by molar-refractivity contribution is 6.32. The van der Waals surface area contributed by atoms with Crippen LogP contribution in [0.2, 0.25) is 5.02 Å². The maximum absolute atomic E-state index is 9.49. The second kappa shape index (κ2) is 3.78. The van der Waals surface area contributed by atoms with Crippen LogP contribution in [-0.4, -0.2) is 5.11 Å². The lowest BCUT2D eigenvalue weighted by Gasteiger charge is -2.11. The molecule has 0 radical (unpaired) electrons. The van der Waals surface area contributed by atoms with Gasteiger partial charge in [-0.1, -0.05) is 30.7 Å². The first-order chi connectivity index (χ1) is 5.66. The summed E-state index contributed by atoms with van der Waals surface area (Å²) in [6, 6.07) is 5.08. The van der Waals surface area contributed by atoms with Crippen molar-refractivity contribution in [1.82, 2.24) is 0 Å². The molecule has 2 nitrogen and oxygen atoms in total. The number of phenols is 1. The van der Waals surface area contributed by atoms with Gasteiger partial charge >= 0.3 is 0 Å². The highest BCUT2D eigenvalue weighted by Crippen LogP contribution is 2.31. The summed E-state index contributed by atoms with van der Waals surface area (Å²) in [6.45, 7) is 1.96. The van der Waals surface area contributed by atoms with Crippen LogP contribution in [0.5, 0.6) is 5.75 Å². The number of hydrogen-bond acceptors (Lipinski definition) is 2. The standard InChI is InChI=1S/C9H12ClNO/c1-2-8(11)6-4-3-5-7(10)9(6)12/h3-5,8,12H,2,11H2,1H3. The van der Waals surface area contributed by atoms with Crippen LogP contribution in [0.25, 0.3) is 0 Å². The van der Waals surface area contributed by atoms with Gasteiger partial charge in [-0.25, -0.2) is 0 Å². The number of nitrogens with two attached hydrogens (primary N) is 1. The second-order valence-electron chi connectivity index (χ2n) is 2.69. The van der Waals surface area contributed by atoms with Crippen LogP contribution < -0.4 is 5.73 Å². The minimum Gasteiger partial charge on any atom is -0.506 e. The van der Waals surface area contributed by atoms with Crippen molar-refractivity contribution in [2.45, 2.75) is 19.4 Å². The Morgan fingerprint density at radius 3 is 2.83 bits per heavy atom. The Kier molecular flexibility index (Phi) is 2.95. The predicted octanol–water partition coefficient (Wildman–Crippen LogP) is 2.46. The van der Waals surface area contributed by atoms with Crippen molar-refractivity contribution in [2.75, 3.05) is 0 Å². The predicted molar refractivity (Wildman–Crippen MR) is 50.3 cm³/mol. The highest BCUT2D eigenvalue weighted by atomic mass is 35.5. The summed E-state index contributed by atoms with van der Waals surface area (Å²) in [5, 5.41) is 9.84. The van der Waals surface area contributed by atoms with Gasteiger partial charge in [-0.15, -0.1) is 0 Å². The number of para-hydroxylation sites is 1. The van der Waals surface area contributed by atoms with Gasteiger partial charge in [0.2, 0.25) is 0 Å². The van der Waals surface area contributed by atoms with E-state index >= 15 is 0 Å². The third-order valence-corrected chi connectivity index (χ3v) is 2.16. The van der Waals surface area contributed by atoms with Crippen LogP contribution in [0, 0.1) is 0 Å². The Balaban J connectivity index is 3.07. The zero-order chi connectivity index (χ0) is 9.14. The lowest BCUT2D eigenvalue weighted by atomic mass is 10.0. The smallest absolute Gasteiger partial charge is 0.138 e. The Bertz CT molecular complexity index is 275. The Morgan fingerprint density at radius 2 is 2.25 bits per heavy atom. The van der Waals surface area contributed by atoms with E-state index in [1.807, 2.05) is 6.92 Å². The molecule has 12 heavy (non-hydrogen) atoms. The van der Waals surface area contributed by atoms with Crippen molar-refractivity contribution in [3.8, 4) is 5.75 Å². The molecule has 1 rings (SSSR count). The number of phenolic OH excluding ortho intramolecular Hbond substituents is 1. The molecule has 0 amide bonds. The summed E-state index contributed by atoms with van der Waals surface area (Å²) in [7, 11) is 0. The van der Waals surface area contributed by atoms with E-state index in [4.69, 9.17) is 17.3 Å². The first-order valence-electron chi connectivity index (χ1n) is 3.89. The van der Waals surface area contributed by atoms with E-state index in [9.17, 15) is 5.11 Å². The molecule has 0 heterocycles. The van der Waals surface area contributed by atoms with Crippen LogP contribution in [0.3, 0.4) is 0 Å². The average molecular weight is 186 g/mol. The zero-order valence-corrected chi connectivity index (χ0v) is 7.67. The molecule has 3 heteroatoms. The van der Waals surface area contributed by atoms with Crippen molar-refractivity contribution in [2.24, 2.45) is 5.73 Å². The van der Waals surface area contributed by atoms with E-state index in [1.165, 1.54) is 0 Å². The summed E-state index contributed by atoms with van der Waals surface area (Å²) in [5.41, 5.74) is 6.46. The monoisotopic (exact) mass is 185 g/mol. The summed E-state index contributed by atoms with van der Waals surface area (Å²) >= 11 is 5.71. The molecule has 66 valence electrons. The molecular formula is C9H12ClNO. The largest absolute Gasteiger partial charge is 0.506 e. The van der Waals surface area contributed by atoms with E-state index in [-0.39, 0.29) is 11.8 Å². The molecule has 0 aromatic heterocycles. The van der Waals surface area contributed by atoms with Gasteiger partial charge in [0, 0.05) is 11.6 Å². The van der Waals surface area contributed by atoms with E-state index in [0.717, 1.165) is 6.42 Å². The first-order valence-corrected chi connectivity index (χ1v) is 4.27. The van der Waals surface area contributed by atoms with Crippen LogP contribution >= 0.6 is 11.6 Å². The van der Waals surface area contributed by atoms with Crippen molar-refractivity contribution in [1.29, 1.82) is 0 Å². The molecular weight excluding hydrogens is 174 g/mol. The van der Waals surface area contributed by atoms with Gasteiger partial charge in [-0.2, -0.15) is 0 Å². The van der Waals surface area contributed by atoms with Crippen molar-refractivity contribution < 1.29 is 5.11 Å². The van der Waals surface area contributed by atoms with Gasteiger partial charge in [0.05, 0.1) is 5.02 Å². The summed E-state index contributed by atoms with van der Waals surface area (Å²) < 4.78 is 0. The van der Waals surface area contributed by atoms with Crippen LogP contribution in [0.4, 0.5) is 0 Å². The normalized spacial score (nSPS) is 12.9. The van der Waals surface area contributed by atoms with Crippen molar-refractivity contribution >= 4 is 11.6 Å². The van der Waals surface area contributed by atoms with Gasteiger partial charge in [-0.05, 0) is 12.5 Å². The fourth-order valence-electron chi connectivity index (χ4n) is 1.05. The summed E-state index contributed by atoms with van der Waals surface area (Å²) in [5.74, 6) is 0.105. The first kappa shape index (κ1) is 9.36. The minimum absolute atomic E-state index is 0.105. The Hall–Kier alpha value is -0.730. The molecule has 0 aliphatic carbocycles. The third kappa shape index (κ3) is 1.71. The lowest BCUT2D eigenvalue weighted by Crippen LogP contribution is -2.08. The molecule has 0 saturated heterocycles. The van der Waals surface area contributed by atoms with Crippen molar-refractivity contribution in [3.05, 3.63) is 28.8 Å². The quantitative estimate of drug-likeness (QED) is 0.744. The highest BCUT2D eigenvalue weighted by Gasteiger charge is 2.10. The SMILES string of the molecule is CCC(N)c1cccc(Cl)c1O. The fraction of sp³-hybridized carbons (Fsp3) is 0.333. The number of halogens is 1. The second-order valence-corrected chi connectivity index (χ2v) is 3.10. The molecule has 1 atom stereocenters. The molecule has 0 saturated carbocycles. The van der Waals surface area contributed by atoms with Gasteiger partial charge in [0.15, 0.2) is 0 Å². The van der Waals surface area contributed by atoms with Gasteiger partial charge in [-0.3, -0.25) is 0 Å². The summed E-state index contributed by atoms with van der Waals surface area (Å²) in [4.78, 5) is 0. The van der Waals surface area contributed by atoms with Crippen molar-refractivity contribution in [3.63, 3.8) is 0 Å². The molecule has 0 fully saturated rings. The maximum Gasteiger partial charge on any atom is 0.138 e. The molecule has 0 bridgehead atoms. The molecule has 1 unspecified atom stereocenters. The molecule has 3 N–H and O–H groups in total. The van der Waals surface area contributed by atoms with Crippen LogP contribution in [-0.2, 0) is 0 Å². The van der Waals surface area contributed by atoms with Crippen LogP contribution in [0.15, 0.2) is 18.2 Å². The number of aromatic hydroxyl groups is 1. The lowest BCUT2D eigenvalue weighted by molar-refractivity contribution is 0.460. The van der Waals surface area contributed by atoms with E-state index in [0.29, 0.717) is 10.6 Å². The minimum atomic E-state index is -0.135. The Labute approximate surface area is 77.0 Å². The zero-order valence-electron chi connectivity index (χ0n) is 6.92. The molecule has 0 aliphatic heterocycles. The van der Waals surface area contributed by atoms with E-state index in [1.54, 1.807) is 18.2 Å².